The smallest absolute Gasteiger partial charge is 0.267 e. The first-order chi connectivity index (χ1) is 9.15. The molecule has 0 saturated carbocycles. The third-order valence-corrected chi connectivity index (χ3v) is 3.37. The molecule has 0 bridgehead atoms. The molecule has 94 valence electrons. The molecule has 0 aliphatic heterocycles. The Hall–Kier alpha value is -2.01. The number of hydrogen-bond donors (Lipinski definition) is 0. The lowest BCUT2D eigenvalue weighted by Gasteiger charge is -2.06. The van der Waals surface area contributed by atoms with Gasteiger partial charge in [0.15, 0.2) is 0 Å². The van der Waals surface area contributed by atoms with Crippen LogP contribution in [0.5, 0.6) is 0 Å². The molecule has 0 aliphatic rings. The van der Waals surface area contributed by atoms with Crippen LogP contribution in [0.1, 0.15) is 5.56 Å². The van der Waals surface area contributed by atoms with E-state index in [-0.39, 0.29) is 5.56 Å². The summed E-state index contributed by atoms with van der Waals surface area (Å²) in [7, 11) is 0. The van der Waals surface area contributed by atoms with E-state index in [4.69, 9.17) is 0 Å². The SMILES string of the molecule is Cc1ccc2cnn(-c3ccc(Br)nc3)c(=O)c2c1. The molecule has 3 aromatic rings. The number of fused-ring (bicyclic) bond motifs is 1. The number of aromatic nitrogens is 3. The van der Waals surface area contributed by atoms with Gasteiger partial charge in [0, 0.05) is 5.39 Å². The van der Waals surface area contributed by atoms with E-state index >= 15 is 0 Å². The minimum Gasteiger partial charge on any atom is -0.267 e. The first-order valence-electron chi connectivity index (χ1n) is 5.76. The van der Waals surface area contributed by atoms with E-state index in [0.717, 1.165) is 15.6 Å². The van der Waals surface area contributed by atoms with Crippen molar-refractivity contribution in [3.05, 3.63) is 63.2 Å². The Labute approximate surface area is 117 Å². The summed E-state index contributed by atoms with van der Waals surface area (Å²) in [5, 5.41) is 5.69. The highest BCUT2D eigenvalue weighted by atomic mass is 79.9. The highest BCUT2D eigenvalue weighted by molar-refractivity contribution is 9.10. The van der Waals surface area contributed by atoms with Crippen LogP contribution in [0.4, 0.5) is 0 Å². The molecule has 2 heterocycles. The van der Waals surface area contributed by atoms with Gasteiger partial charge in [-0.15, -0.1) is 0 Å². The maximum Gasteiger partial charge on any atom is 0.279 e. The molecule has 4 nitrogen and oxygen atoms in total. The fourth-order valence-electron chi connectivity index (χ4n) is 1.93. The molecule has 0 spiro atoms. The molecular weight excluding hydrogens is 306 g/mol. The molecule has 3 rings (SSSR count). The van der Waals surface area contributed by atoms with Crippen LogP contribution in [0, 0.1) is 6.92 Å². The lowest BCUT2D eigenvalue weighted by Crippen LogP contribution is -2.21. The van der Waals surface area contributed by atoms with E-state index in [1.807, 2.05) is 25.1 Å². The lowest BCUT2D eigenvalue weighted by molar-refractivity contribution is 0.815. The molecule has 0 radical (unpaired) electrons. The molecule has 5 heteroatoms. The van der Waals surface area contributed by atoms with Gasteiger partial charge in [-0.1, -0.05) is 17.7 Å². The predicted octanol–water partition coefficient (Wildman–Crippen LogP) is 2.85. The fourth-order valence-corrected chi connectivity index (χ4v) is 2.17. The van der Waals surface area contributed by atoms with Crippen molar-refractivity contribution >= 4 is 26.7 Å². The van der Waals surface area contributed by atoms with Crippen molar-refractivity contribution in [2.45, 2.75) is 6.92 Å². The van der Waals surface area contributed by atoms with Gasteiger partial charge in [0.05, 0.1) is 23.5 Å². The average Bonchev–Trinajstić information content (AvgIpc) is 2.41. The summed E-state index contributed by atoms with van der Waals surface area (Å²) in [5.41, 5.74) is 1.57. The Morgan fingerprint density at radius 2 is 2.00 bits per heavy atom. The summed E-state index contributed by atoms with van der Waals surface area (Å²) in [6.07, 6.45) is 3.30. The van der Waals surface area contributed by atoms with Gasteiger partial charge in [0.2, 0.25) is 0 Å². The van der Waals surface area contributed by atoms with Crippen LogP contribution in [0.15, 0.2) is 52.1 Å². The molecule has 0 amide bonds. The van der Waals surface area contributed by atoms with E-state index in [0.29, 0.717) is 11.1 Å². The third kappa shape index (κ3) is 2.17. The minimum absolute atomic E-state index is 0.134. The van der Waals surface area contributed by atoms with Gasteiger partial charge in [0.25, 0.3) is 5.56 Å². The second-order valence-corrected chi connectivity index (χ2v) is 5.10. The summed E-state index contributed by atoms with van der Waals surface area (Å²) in [4.78, 5) is 16.5. The van der Waals surface area contributed by atoms with Crippen LogP contribution in [0.2, 0.25) is 0 Å². The molecular formula is C14H10BrN3O. The van der Waals surface area contributed by atoms with Gasteiger partial charge < -0.3 is 0 Å². The molecule has 0 aliphatic carbocycles. The van der Waals surface area contributed by atoms with Gasteiger partial charge >= 0.3 is 0 Å². The largest absolute Gasteiger partial charge is 0.279 e. The van der Waals surface area contributed by atoms with Crippen molar-refractivity contribution in [1.29, 1.82) is 0 Å². The fraction of sp³-hybridized carbons (Fsp3) is 0.0714. The molecule has 2 aromatic heterocycles. The Kier molecular flexibility index (Phi) is 2.91. The number of rotatable bonds is 1. The van der Waals surface area contributed by atoms with Crippen LogP contribution in [0.3, 0.4) is 0 Å². The zero-order chi connectivity index (χ0) is 13.4. The zero-order valence-electron chi connectivity index (χ0n) is 10.2. The van der Waals surface area contributed by atoms with Crippen LogP contribution >= 0.6 is 15.9 Å². The van der Waals surface area contributed by atoms with Crippen molar-refractivity contribution in [2.24, 2.45) is 0 Å². The van der Waals surface area contributed by atoms with E-state index in [2.05, 4.69) is 26.0 Å². The summed E-state index contributed by atoms with van der Waals surface area (Å²) in [6, 6.07) is 9.33. The molecule has 0 saturated heterocycles. The maximum absolute atomic E-state index is 12.4. The van der Waals surface area contributed by atoms with E-state index in [1.54, 1.807) is 24.5 Å². The lowest BCUT2D eigenvalue weighted by atomic mass is 10.1. The molecule has 0 unspecified atom stereocenters. The number of hydrogen-bond acceptors (Lipinski definition) is 3. The highest BCUT2D eigenvalue weighted by Crippen LogP contribution is 2.13. The van der Waals surface area contributed by atoms with Crippen LogP contribution in [-0.2, 0) is 0 Å². The summed E-state index contributed by atoms with van der Waals surface area (Å²) < 4.78 is 2.09. The second-order valence-electron chi connectivity index (χ2n) is 4.29. The number of halogens is 1. The Morgan fingerprint density at radius 3 is 2.74 bits per heavy atom. The molecule has 0 fully saturated rings. The molecule has 19 heavy (non-hydrogen) atoms. The van der Waals surface area contributed by atoms with Crippen LogP contribution in [0.25, 0.3) is 16.5 Å². The number of nitrogens with zero attached hydrogens (tertiary/aromatic N) is 3. The quantitative estimate of drug-likeness (QED) is 0.649. The van der Waals surface area contributed by atoms with E-state index in [9.17, 15) is 4.79 Å². The number of benzene rings is 1. The van der Waals surface area contributed by atoms with E-state index < -0.39 is 0 Å². The van der Waals surface area contributed by atoms with Gasteiger partial charge in [-0.2, -0.15) is 9.78 Å². The monoisotopic (exact) mass is 315 g/mol. The first-order valence-corrected chi connectivity index (χ1v) is 6.55. The van der Waals surface area contributed by atoms with Gasteiger partial charge in [-0.3, -0.25) is 4.79 Å². The second kappa shape index (κ2) is 4.59. The van der Waals surface area contributed by atoms with Crippen LogP contribution in [-0.4, -0.2) is 14.8 Å². The van der Waals surface area contributed by atoms with Gasteiger partial charge in [-0.25, -0.2) is 4.98 Å². The number of aryl methyl sites for hydroxylation is 1. The standard InChI is InChI=1S/C14H10BrN3O/c1-9-2-3-10-7-17-18(14(19)12(10)6-9)11-4-5-13(15)16-8-11/h2-8H,1H3. The first kappa shape index (κ1) is 12.0. The average molecular weight is 316 g/mol. The zero-order valence-corrected chi connectivity index (χ0v) is 11.8. The summed E-state index contributed by atoms with van der Waals surface area (Å²) >= 11 is 3.27. The Morgan fingerprint density at radius 1 is 1.16 bits per heavy atom. The number of pyridine rings is 1. The molecule has 0 atom stereocenters. The van der Waals surface area contributed by atoms with E-state index in [1.165, 1.54) is 4.68 Å². The molecule has 1 aromatic carbocycles. The van der Waals surface area contributed by atoms with Gasteiger partial charge in [-0.05, 0) is 41.1 Å². The minimum atomic E-state index is -0.134. The third-order valence-electron chi connectivity index (χ3n) is 2.90. The van der Waals surface area contributed by atoms with Crippen molar-refractivity contribution in [3.8, 4) is 5.69 Å². The Bertz CT molecular complexity index is 809. The maximum atomic E-state index is 12.4. The summed E-state index contributed by atoms with van der Waals surface area (Å²) in [5.74, 6) is 0. The predicted molar refractivity (Wildman–Crippen MR) is 77.6 cm³/mol. The van der Waals surface area contributed by atoms with Crippen molar-refractivity contribution in [2.75, 3.05) is 0 Å². The van der Waals surface area contributed by atoms with Crippen LogP contribution < -0.4 is 5.56 Å². The normalized spacial score (nSPS) is 10.8. The highest BCUT2D eigenvalue weighted by Gasteiger charge is 2.06. The van der Waals surface area contributed by atoms with Crippen molar-refractivity contribution < 1.29 is 0 Å². The Balaban J connectivity index is 2.28. The van der Waals surface area contributed by atoms with Crippen molar-refractivity contribution in [3.63, 3.8) is 0 Å². The van der Waals surface area contributed by atoms with Gasteiger partial charge in [0.1, 0.15) is 4.60 Å². The topological polar surface area (TPSA) is 47.8 Å². The molecule has 0 N–H and O–H groups in total. The summed E-state index contributed by atoms with van der Waals surface area (Å²) in [6.45, 7) is 1.96. The van der Waals surface area contributed by atoms with Crippen molar-refractivity contribution in [1.82, 2.24) is 14.8 Å².